The van der Waals surface area contributed by atoms with Crippen LogP contribution in [-0.2, 0) is 10.0 Å². The molecule has 2 aromatic carbocycles. The number of ether oxygens (including phenoxy) is 1. The molecule has 0 saturated heterocycles. The van der Waals surface area contributed by atoms with E-state index in [9.17, 15) is 12.8 Å². The van der Waals surface area contributed by atoms with E-state index in [0.29, 0.717) is 10.2 Å². The van der Waals surface area contributed by atoms with Crippen molar-refractivity contribution in [3.05, 3.63) is 51.7 Å². The van der Waals surface area contributed by atoms with Gasteiger partial charge in [-0.15, -0.1) is 0 Å². The molecule has 0 aliphatic heterocycles. The minimum Gasteiger partial charge on any atom is -0.495 e. The molecule has 0 fully saturated rings. The molecule has 2 rings (SSSR count). The van der Waals surface area contributed by atoms with Gasteiger partial charge in [-0.2, -0.15) is 0 Å². The van der Waals surface area contributed by atoms with E-state index in [0.717, 1.165) is 12.1 Å². The fraction of sp³-hybridized carbons (Fsp3) is 0.0769. The van der Waals surface area contributed by atoms with E-state index in [1.165, 1.54) is 19.2 Å². The van der Waals surface area contributed by atoms with E-state index >= 15 is 0 Å². The van der Waals surface area contributed by atoms with Crippen LogP contribution in [-0.4, -0.2) is 15.5 Å². The van der Waals surface area contributed by atoms with Crippen LogP contribution in [0.5, 0.6) is 5.75 Å². The predicted octanol–water partition coefficient (Wildman–Crippen LogP) is 4.05. The first-order valence-corrected chi connectivity index (χ1v) is 8.30. The number of hydrogen-bond donors (Lipinski definition) is 1. The quantitative estimate of drug-likeness (QED) is 0.851. The second kappa shape index (κ2) is 6.21. The molecule has 4 nitrogen and oxygen atoms in total. The molecule has 0 saturated carbocycles. The van der Waals surface area contributed by atoms with Gasteiger partial charge in [-0.25, -0.2) is 12.8 Å². The molecule has 0 amide bonds. The van der Waals surface area contributed by atoms with Crippen LogP contribution in [0.4, 0.5) is 10.1 Å². The highest BCUT2D eigenvalue weighted by Gasteiger charge is 2.20. The van der Waals surface area contributed by atoms with Gasteiger partial charge in [-0.05, 0) is 36.4 Å². The maximum Gasteiger partial charge on any atom is 0.263 e. The second-order valence-corrected chi connectivity index (χ2v) is 7.00. The van der Waals surface area contributed by atoms with Gasteiger partial charge in [-0.1, -0.05) is 27.5 Å². The summed E-state index contributed by atoms with van der Waals surface area (Å²) in [6.07, 6.45) is 0. The van der Waals surface area contributed by atoms with Gasteiger partial charge in [0.25, 0.3) is 10.0 Å². The molecule has 0 heterocycles. The monoisotopic (exact) mass is 393 g/mol. The maximum atomic E-state index is 13.2. The van der Waals surface area contributed by atoms with Crippen molar-refractivity contribution in [1.82, 2.24) is 0 Å². The smallest absolute Gasteiger partial charge is 0.263 e. The summed E-state index contributed by atoms with van der Waals surface area (Å²) in [6.45, 7) is 0. The molecular formula is C13H10BrClFNO3S. The van der Waals surface area contributed by atoms with E-state index in [4.69, 9.17) is 16.3 Å². The minimum atomic E-state index is -4.04. The van der Waals surface area contributed by atoms with Crippen molar-refractivity contribution in [3.63, 3.8) is 0 Å². The molecule has 1 N–H and O–H groups in total. The zero-order valence-corrected chi connectivity index (χ0v) is 13.9. The van der Waals surface area contributed by atoms with Crippen LogP contribution in [0.25, 0.3) is 0 Å². The first-order valence-electron chi connectivity index (χ1n) is 5.65. The number of rotatable bonds is 4. The number of benzene rings is 2. The Morgan fingerprint density at radius 1 is 1.24 bits per heavy atom. The average molecular weight is 395 g/mol. The molecule has 0 aliphatic rings. The molecule has 0 spiro atoms. The van der Waals surface area contributed by atoms with E-state index in [1.54, 1.807) is 12.1 Å². The Bertz CT molecular complexity index is 783. The number of hydrogen-bond acceptors (Lipinski definition) is 3. The van der Waals surface area contributed by atoms with Crippen LogP contribution >= 0.6 is 27.5 Å². The van der Waals surface area contributed by atoms with Crippen molar-refractivity contribution in [2.75, 3.05) is 11.8 Å². The van der Waals surface area contributed by atoms with Crippen molar-refractivity contribution in [1.29, 1.82) is 0 Å². The fourth-order valence-corrected chi connectivity index (χ4v) is 3.58. The first kappa shape index (κ1) is 16.1. The third-order valence-electron chi connectivity index (χ3n) is 2.59. The largest absolute Gasteiger partial charge is 0.495 e. The molecule has 21 heavy (non-hydrogen) atoms. The molecule has 0 unspecified atom stereocenters. The second-order valence-electron chi connectivity index (χ2n) is 4.02. The van der Waals surface area contributed by atoms with Crippen molar-refractivity contribution in [2.24, 2.45) is 0 Å². The van der Waals surface area contributed by atoms with Crippen molar-refractivity contribution in [2.45, 2.75) is 4.90 Å². The third kappa shape index (κ3) is 3.66. The van der Waals surface area contributed by atoms with Crippen LogP contribution < -0.4 is 9.46 Å². The third-order valence-corrected chi connectivity index (χ3v) is 4.93. The van der Waals surface area contributed by atoms with Crippen molar-refractivity contribution < 1.29 is 17.5 Å². The zero-order valence-electron chi connectivity index (χ0n) is 10.7. The van der Waals surface area contributed by atoms with Crippen LogP contribution in [0.3, 0.4) is 0 Å². The number of methoxy groups -OCH3 is 1. The van der Waals surface area contributed by atoms with Gasteiger partial charge in [0.1, 0.15) is 16.5 Å². The lowest BCUT2D eigenvalue weighted by Gasteiger charge is -2.13. The molecule has 0 bridgehead atoms. The molecule has 0 radical (unpaired) electrons. The van der Waals surface area contributed by atoms with Gasteiger partial charge in [-0.3, -0.25) is 4.72 Å². The highest BCUT2D eigenvalue weighted by Crippen LogP contribution is 2.31. The summed E-state index contributed by atoms with van der Waals surface area (Å²) in [5, 5.41) is -0.0714. The van der Waals surface area contributed by atoms with Crippen LogP contribution in [0.15, 0.2) is 45.8 Å². The Kier molecular flexibility index (Phi) is 4.75. The Balaban J connectivity index is 2.47. The summed E-state index contributed by atoms with van der Waals surface area (Å²) in [6, 6.07) is 7.95. The lowest BCUT2D eigenvalue weighted by atomic mass is 10.3. The molecular weight excluding hydrogens is 385 g/mol. The number of halogens is 3. The molecule has 0 aliphatic carbocycles. The number of anilines is 1. The van der Waals surface area contributed by atoms with Crippen molar-refractivity contribution in [3.8, 4) is 5.75 Å². The predicted molar refractivity (Wildman–Crippen MR) is 82.9 cm³/mol. The van der Waals surface area contributed by atoms with Crippen LogP contribution in [0.2, 0.25) is 5.02 Å². The zero-order chi connectivity index (χ0) is 15.6. The van der Waals surface area contributed by atoms with Gasteiger partial charge in [0, 0.05) is 4.47 Å². The van der Waals surface area contributed by atoms with Gasteiger partial charge >= 0.3 is 0 Å². The minimum absolute atomic E-state index is 0.0714. The Morgan fingerprint density at radius 3 is 2.62 bits per heavy atom. The molecule has 2 aromatic rings. The molecule has 0 atom stereocenters. The van der Waals surface area contributed by atoms with E-state index < -0.39 is 15.8 Å². The summed E-state index contributed by atoms with van der Waals surface area (Å²) in [4.78, 5) is -0.341. The van der Waals surface area contributed by atoms with E-state index in [1.807, 2.05) is 0 Å². The fourth-order valence-electron chi connectivity index (χ4n) is 1.64. The number of nitrogens with one attached hydrogen (secondary N) is 1. The van der Waals surface area contributed by atoms with Crippen LogP contribution in [0, 0.1) is 5.82 Å². The van der Waals surface area contributed by atoms with Gasteiger partial charge in [0.15, 0.2) is 0 Å². The van der Waals surface area contributed by atoms with E-state index in [-0.39, 0.29) is 15.6 Å². The summed E-state index contributed by atoms with van der Waals surface area (Å²) in [5.74, 6) is -0.365. The highest BCUT2D eigenvalue weighted by atomic mass is 79.9. The lowest BCUT2D eigenvalue weighted by molar-refractivity contribution is 0.417. The summed E-state index contributed by atoms with van der Waals surface area (Å²) in [5.41, 5.74) is 0.215. The van der Waals surface area contributed by atoms with E-state index in [2.05, 4.69) is 20.7 Å². The van der Waals surface area contributed by atoms with Gasteiger partial charge in [0.2, 0.25) is 0 Å². The Morgan fingerprint density at radius 2 is 1.95 bits per heavy atom. The SMILES string of the molecule is COc1ccc(Br)cc1NS(=O)(=O)c1cc(F)ccc1Cl. The maximum absolute atomic E-state index is 13.2. The molecule has 8 heteroatoms. The summed E-state index contributed by atoms with van der Waals surface area (Å²) < 4.78 is 46.0. The van der Waals surface area contributed by atoms with Crippen molar-refractivity contribution >= 4 is 43.2 Å². The highest BCUT2D eigenvalue weighted by molar-refractivity contribution is 9.10. The summed E-state index contributed by atoms with van der Waals surface area (Å²) >= 11 is 9.06. The number of sulfonamides is 1. The summed E-state index contributed by atoms with van der Waals surface area (Å²) in [7, 11) is -2.63. The Labute approximate surface area is 135 Å². The Hall–Kier alpha value is -1.31. The normalized spacial score (nSPS) is 11.2. The average Bonchev–Trinajstić information content (AvgIpc) is 2.41. The van der Waals surface area contributed by atoms with Gasteiger partial charge < -0.3 is 4.74 Å². The van der Waals surface area contributed by atoms with Gasteiger partial charge in [0.05, 0.1) is 17.8 Å². The lowest BCUT2D eigenvalue weighted by Crippen LogP contribution is -2.14. The first-order chi connectivity index (χ1) is 9.83. The standard InChI is InChI=1S/C13H10BrClFNO3S/c1-20-12-5-2-8(14)6-11(12)17-21(18,19)13-7-9(16)3-4-10(13)15/h2-7,17H,1H3. The molecule has 0 aromatic heterocycles. The topological polar surface area (TPSA) is 55.4 Å². The molecule has 112 valence electrons. The van der Waals surface area contributed by atoms with Crippen LogP contribution in [0.1, 0.15) is 0 Å².